The molecule has 0 fully saturated rings. The molecule has 0 unspecified atom stereocenters. The number of methoxy groups -OCH3 is 1. The van der Waals surface area contributed by atoms with Crippen molar-refractivity contribution in [3.05, 3.63) is 52.5 Å². The van der Waals surface area contributed by atoms with Gasteiger partial charge in [0.1, 0.15) is 10.6 Å². The first-order chi connectivity index (χ1) is 11.3. The standard InChI is InChI=1S/C16H17ClN2O4S/c1-10-4-6-12(9-13(10)17)19-16(20)11-5-7-14(23-3)15(8-11)24(21,22)18-2/h4-9,18H,1-3H3,(H,19,20). The van der Waals surface area contributed by atoms with Crippen LogP contribution in [0, 0.1) is 6.92 Å². The zero-order valence-electron chi connectivity index (χ0n) is 13.4. The third kappa shape index (κ3) is 3.87. The molecule has 2 rings (SSSR count). The van der Waals surface area contributed by atoms with Gasteiger partial charge < -0.3 is 10.1 Å². The van der Waals surface area contributed by atoms with Crippen molar-refractivity contribution in [1.29, 1.82) is 0 Å². The van der Waals surface area contributed by atoms with Gasteiger partial charge in [0.15, 0.2) is 0 Å². The first-order valence-corrected chi connectivity index (χ1v) is 8.83. The Labute approximate surface area is 145 Å². The summed E-state index contributed by atoms with van der Waals surface area (Å²) in [6.07, 6.45) is 0. The molecule has 2 aromatic rings. The van der Waals surface area contributed by atoms with Gasteiger partial charge in [-0.05, 0) is 49.9 Å². The molecule has 0 aromatic heterocycles. The average Bonchev–Trinajstić information content (AvgIpc) is 2.57. The van der Waals surface area contributed by atoms with Crippen LogP contribution in [0.2, 0.25) is 5.02 Å². The topological polar surface area (TPSA) is 84.5 Å². The highest BCUT2D eigenvalue weighted by molar-refractivity contribution is 7.89. The Morgan fingerprint density at radius 3 is 2.46 bits per heavy atom. The lowest BCUT2D eigenvalue weighted by atomic mass is 10.2. The van der Waals surface area contributed by atoms with Crippen LogP contribution in [0.1, 0.15) is 15.9 Å². The summed E-state index contributed by atoms with van der Waals surface area (Å²) in [4.78, 5) is 12.3. The average molecular weight is 369 g/mol. The molecule has 24 heavy (non-hydrogen) atoms. The second-order valence-corrected chi connectivity index (χ2v) is 7.25. The fourth-order valence-corrected chi connectivity index (χ4v) is 3.11. The van der Waals surface area contributed by atoms with Crippen LogP contribution >= 0.6 is 11.6 Å². The molecule has 0 radical (unpaired) electrons. The van der Waals surface area contributed by atoms with E-state index in [-0.39, 0.29) is 16.2 Å². The van der Waals surface area contributed by atoms with E-state index in [1.807, 2.05) is 6.92 Å². The summed E-state index contributed by atoms with van der Waals surface area (Å²) in [7, 11) is -1.11. The van der Waals surface area contributed by atoms with Crippen LogP contribution in [0.5, 0.6) is 5.75 Å². The van der Waals surface area contributed by atoms with E-state index in [0.29, 0.717) is 10.7 Å². The van der Waals surface area contributed by atoms with Crippen molar-refractivity contribution in [3.8, 4) is 5.75 Å². The Morgan fingerprint density at radius 1 is 1.17 bits per heavy atom. The zero-order valence-corrected chi connectivity index (χ0v) is 15.0. The monoisotopic (exact) mass is 368 g/mol. The van der Waals surface area contributed by atoms with E-state index in [0.717, 1.165) is 5.56 Å². The summed E-state index contributed by atoms with van der Waals surface area (Å²) in [5.41, 5.74) is 1.59. The van der Waals surface area contributed by atoms with Crippen molar-refractivity contribution in [2.45, 2.75) is 11.8 Å². The number of aryl methyl sites for hydroxylation is 1. The summed E-state index contributed by atoms with van der Waals surface area (Å²) in [6, 6.07) is 9.30. The molecule has 128 valence electrons. The number of amides is 1. The molecule has 0 aliphatic rings. The highest BCUT2D eigenvalue weighted by Crippen LogP contribution is 2.25. The Bertz CT molecular complexity index is 882. The zero-order chi connectivity index (χ0) is 17.9. The molecular weight excluding hydrogens is 352 g/mol. The van der Waals surface area contributed by atoms with Gasteiger partial charge in [-0.15, -0.1) is 0 Å². The molecule has 8 heteroatoms. The van der Waals surface area contributed by atoms with E-state index in [9.17, 15) is 13.2 Å². The number of ether oxygens (including phenoxy) is 1. The smallest absolute Gasteiger partial charge is 0.255 e. The fraction of sp³-hybridized carbons (Fsp3) is 0.188. The maximum Gasteiger partial charge on any atom is 0.255 e. The van der Waals surface area contributed by atoms with E-state index >= 15 is 0 Å². The number of sulfonamides is 1. The molecule has 0 atom stereocenters. The number of nitrogens with one attached hydrogen (secondary N) is 2. The van der Waals surface area contributed by atoms with Gasteiger partial charge in [0.2, 0.25) is 10.0 Å². The molecule has 2 aromatic carbocycles. The first-order valence-electron chi connectivity index (χ1n) is 6.97. The molecule has 6 nitrogen and oxygen atoms in total. The SMILES string of the molecule is CNS(=O)(=O)c1cc(C(=O)Nc2ccc(C)c(Cl)c2)ccc1OC. The number of hydrogen-bond donors (Lipinski definition) is 2. The fourth-order valence-electron chi connectivity index (χ4n) is 2.01. The van der Waals surface area contributed by atoms with Gasteiger partial charge in [0.05, 0.1) is 7.11 Å². The molecular formula is C16H17ClN2O4S. The van der Waals surface area contributed by atoms with Crippen LogP contribution in [0.3, 0.4) is 0 Å². The second-order valence-electron chi connectivity index (χ2n) is 4.99. The van der Waals surface area contributed by atoms with E-state index < -0.39 is 15.9 Å². The summed E-state index contributed by atoms with van der Waals surface area (Å²) in [6.45, 7) is 1.85. The summed E-state index contributed by atoms with van der Waals surface area (Å²) >= 11 is 6.03. The lowest BCUT2D eigenvalue weighted by Crippen LogP contribution is -2.20. The van der Waals surface area contributed by atoms with Gasteiger partial charge in [-0.25, -0.2) is 13.1 Å². The number of carbonyl (C=O) groups excluding carboxylic acids is 1. The second kappa shape index (κ2) is 7.21. The third-order valence-electron chi connectivity index (χ3n) is 3.41. The number of benzene rings is 2. The van der Waals surface area contributed by atoms with Crippen molar-refractivity contribution >= 4 is 33.2 Å². The summed E-state index contributed by atoms with van der Waals surface area (Å²) in [5, 5.41) is 3.21. The molecule has 0 spiro atoms. The molecule has 0 aliphatic carbocycles. The van der Waals surface area contributed by atoms with E-state index in [1.165, 1.54) is 32.4 Å². The Hall–Kier alpha value is -2.09. The van der Waals surface area contributed by atoms with Crippen molar-refractivity contribution < 1.29 is 17.9 Å². The minimum absolute atomic E-state index is 0.109. The van der Waals surface area contributed by atoms with Gasteiger partial charge in [0, 0.05) is 16.3 Å². The number of anilines is 1. The predicted octanol–water partition coefficient (Wildman–Crippen LogP) is 2.82. The number of hydrogen-bond acceptors (Lipinski definition) is 4. The summed E-state index contributed by atoms with van der Waals surface area (Å²) < 4.78 is 31.4. The highest BCUT2D eigenvalue weighted by atomic mass is 35.5. The minimum Gasteiger partial charge on any atom is -0.495 e. The van der Waals surface area contributed by atoms with Crippen LogP contribution in [-0.4, -0.2) is 28.5 Å². The van der Waals surface area contributed by atoms with Crippen molar-refractivity contribution in [1.82, 2.24) is 4.72 Å². The van der Waals surface area contributed by atoms with Gasteiger partial charge >= 0.3 is 0 Å². The Balaban J connectivity index is 2.36. The van der Waals surface area contributed by atoms with Crippen LogP contribution in [0.15, 0.2) is 41.3 Å². The molecule has 2 N–H and O–H groups in total. The Kier molecular flexibility index (Phi) is 5.48. The minimum atomic E-state index is -3.76. The lowest BCUT2D eigenvalue weighted by Gasteiger charge is -2.11. The predicted molar refractivity (Wildman–Crippen MR) is 93.4 cm³/mol. The molecule has 0 saturated carbocycles. The highest BCUT2D eigenvalue weighted by Gasteiger charge is 2.20. The number of rotatable bonds is 5. The van der Waals surface area contributed by atoms with Crippen LogP contribution in [0.25, 0.3) is 0 Å². The Morgan fingerprint density at radius 2 is 1.88 bits per heavy atom. The van der Waals surface area contributed by atoms with Crippen LogP contribution in [-0.2, 0) is 10.0 Å². The molecule has 1 amide bonds. The van der Waals surface area contributed by atoms with E-state index in [2.05, 4.69) is 10.0 Å². The van der Waals surface area contributed by atoms with Crippen LogP contribution in [0.4, 0.5) is 5.69 Å². The molecule has 0 aliphatic heterocycles. The third-order valence-corrected chi connectivity index (χ3v) is 5.26. The molecule has 0 saturated heterocycles. The van der Waals surface area contributed by atoms with E-state index in [4.69, 9.17) is 16.3 Å². The van der Waals surface area contributed by atoms with Crippen molar-refractivity contribution in [3.63, 3.8) is 0 Å². The van der Waals surface area contributed by atoms with Gasteiger partial charge in [0.25, 0.3) is 5.91 Å². The van der Waals surface area contributed by atoms with Gasteiger partial charge in [-0.3, -0.25) is 4.79 Å². The maximum atomic E-state index is 12.4. The van der Waals surface area contributed by atoms with Gasteiger partial charge in [-0.2, -0.15) is 0 Å². The summed E-state index contributed by atoms with van der Waals surface area (Å²) in [5.74, 6) is -0.301. The largest absolute Gasteiger partial charge is 0.495 e. The number of halogens is 1. The maximum absolute atomic E-state index is 12.4. The van der Waals surface area contributed by atoms with E-state index in [1.54, 1.807) is 18.2 Å². The van der Waals surface area contributed by atoms with Crippen molar-refractivity contribution in [2.75, 3.05) is 19.5 Å². The van der Waals surface area contributed by atoms with Crippen molar-refractivity contribution in [2.24, 2.45) is 0 Å². The normalized spacial score (nSPS) is 11.2. The molecule has 0 heterocycles. The van der Waals surface area contributed by atoms with Crippen LogP contribution < -0.4 is 14.8 Å². The lowest BCUT2D eigenvalue weighted by molar-refractivity contribution is 0.102. The number of carbonyl (C=O) groups is 1. The molecule has 0 bridgehead atoms. The van der Waals surface area contributed by atoms with Gasteiger partial charge in [-0.1, -0.05) is 17.7 Å². The first kappa shape index (κ1) is 18.3. The quantitative estimate of drug-likeness (QED) is 0.849.